The first-order valence-electron chi connectivity index (χ1n) is 7.89. The Morgan fingerprint density at radius 1 is 1.05 bits per heavy atom. The van der Waals surface area contributed by atoms with Crippen LogP contribution >= 0.6 is 0 Å². The van der Waals surface area contributed by atoms with Crippen molar-refractivity contribution in [2.45, 2.75) is 58.5 Å². The van der Waals surface area contributed by atoms with Gasteiger partial charge in [0.25, 0.3) is 0 Å². The van der Waals surface area contributed by atoms with Crippen molar-refractivity contribution < 1.29 is 8.78 Å². The van der Waals surface area contributed by atoms with Gasteiger partial charge < -0.3 is 5.73 Å². The zero-order valence-electron chi connectivity index (χ0n) is 13.6. The number of benzene rings is 1. The molecule has 0 radical (unpaired) electrons. The van der Waals surface area contributed by atoms with E-state index in [1.165, 1.54) is 12.1 Å². The standard InChI is InChI=1S/C17H28F2N2/c1-5-17(6-2,21(7-3)8-4)16(20)12-13-9-10-14(18)15(19)11-13/h9-11,16H,5-8,12,20H2,1-4H3. The van der Waals surface area contributed by atoms with Gasteiger partial charge in [0, 0.05) is 11.6 Å². The van der Waals surface area contributed by atoms with Crippen LogP contribution in [0.4, 0.5) is 8.78 Å². The molecule has 0 aromatic heterocycles. The molecule has 1 rings (SSSR count). The molecule has 0 aliphatic rings. The summed E-state index contributed by atoms with van der Waals surface area (Å²) in [6, 6.07) is 3.94. The smallest absolute Gasteiger partial charge is 0.159 e. The van der Waals surface area contributed by atoms with Crippen molar-refractivity contribution in [1.29, 1.82) is 0 Å². The summed E-state index contributed by atoms with van der Waals surface area (Å²) in [5, 5.41) is 0. The number of nitrogens with two attached hydrogens (primary N) is 1. The highest BCUT2D eigenvalue weighted by Gasteiger charge is 2.37. The number of hydrogen-bond donors (Lipinski definition) is 1. The number of halogens is 2. The van der Waals surface area contributed by atoms with Gasteiger partial charge in [-0.05, 0) is 50.0 Å². The molecule has 120 valence electrons. The largest absolute Gasteiger partial charge is 0.326 e. The van der Waals surface area contributed by atoms with Crippen molar-refractivity contribution in [3.8, 4) is 0 Å². The molecule has 2 nitrogen and oxygen atoms in total. The molecule has 0 aliphatic heterocycles. The first kappa shape index (κ1) is 18.1. The highest BCUT2D eigenvalue weighted by molar-refractivity contribution is 5.20. The van der Waals surface area contributed by atoms with Crippen LogP contribution < -0.4 is 5.73 Å². The van der Waals surface area contributed by atoms with Crippen LogP contribution in [0.1, 0.15) is 46.1 Å². The van der Waals surface area contributed by atoms with E-state index in [0.29, 0.717) is 6.42 Å². The minimum atomic E-state index is -0.812. The Morgan fingerprint density at radius 3 is 2.05 bits per heavy atom. The summed E-state index contributed by atoms with van der Waals surface area (Å²) < 4.78 is 26.4. The van der Waals surface area contributed by atoms with Crippen LogP contribution in [-0.2, 0) is 6.42 Å². The minimum Gasteiger partial charge on any atom is -0.326 e. The number of hydrogen-bond acceptors (Lipinski definition) is 2. The topological polar surface area (TPSA) is 29.3 Å². The van der Waals surface area contributed by atoms with Crippen molar-refractivity contribution in [3.05, 3.63) is 35.4 Å². The van der Waals surface area contributed by atoms with Gasteiger partial charge in [-0.2, -0.15) is 0 Å². The lowest BCUT2D eigenvalue weighted by molar-refractivity contribution is 0.0628. The molecule has 0 aliphatic carbocycles. The van der Waals surface area contributed by atoms with Crippen molar-refractivity contribution in [2.75, 3.05) is 13.1 Å². The van der Waals surface area contributed by atoms with Crippen LogP contribution in [0.5, 0.6) is 0 Å². The summed E-state index contributed by atoms with van der Waals surface area (Å²) in [6.45, 7) is 10.4. The quantitative estimate of drug-likeness (QED) is 0.792. The molecule has 0 bridgehead atoms. The van der Waals surface area contributed by atoms with Gasteiger partial charge in [0.2, 0.25) is 0 Å². The predicted octanol–water partition coefficient (Wildman–Crippen LogP) is 3.74. The Morgan fingerprint density at radius 2 is 1.62 bits per heavy atom. The maximum atomic E-state index is 13.4. The van der Waals surface area contributed by atoms with Crippen LogP contribution in [0.3, 0.4) is 0 Å². The molecule has 0 heterocycles. The van der Waals surface area contributed by atoms with Gasteiger partial charge in [-0.15, -0.1) is 0 Å². The van der Waals surface area contributed by atoms with E-state index in [2.05, 4.69) is 32.6 Å². The second-order valence-corrected chi connectivity index (χ2v) is 5.54. The van der Waals surface area contributed by atoms with E-state index in [1.807, 2.05) is 0 Å². The third-order valence-corrected chi connectivity index (χ3v) is 4.75. The summed E-state index contributed by atoms with van der Waals surface area (Å²) in [5.74, 6) is -1.62. The van der Waals surface area contributed by atoms with Gasteiger partial charge in [-0.1, -0.05) is 33.8 Å². The maximum Gasteiger partial charge on any atom is 0.159 e. The van der Waals surface area contributed by atoms with E-state index < -0.39 is 11.6 Å². The van der Waals surface area contributed by atoms with E-state index in [1.54, 1.807) is 6.07 Å². The number of rotatable bonds is 8. The van der Waals surface area contributed by atoms with Crippen LogP contribution in [0, 0.1) is 11.6 Å². The maximum absolute atomic E-state index is 13.4. The second-order valence-electron chi connectivity index (χ2n) is 5.54. The molecule has 1 aromatic rings. The molecule has 0 saturated heterocycles. The zero-order valence-corrected chi connectivity index (χ0v) is 13.6. The molecule has 1 atom stereocenters. The van der Waals surface area contributed by atoms with Gasteiger partial charge >= 0.3 is 0 Å². The number of nitrogens with zero attached hydrogens (tertiary/aromatic N) is 1. The Hall–Kier alpha value is -1.00. The van der Waals surface area contributed by atoms with Crippen molar-refractivity contribution in [2.24, 2.45) is 5.73 Å². The Kier molecular flexibility index (Phi) is 6.75. The fourth-order valence-corrected chi connectivity index (χ4v) is 3.42. The van der Waals surface area contributed by atoms with Gasteiger partial charge in [0.15, 0.2) is 11.6 Å². The van der Waals surface area contributed by atoms with Gasteiger partial charge in [-0.3, -0.25) is 4.90 Å². The summed E-state index contributed by atoms with van der Waals surface area (Å²) in [7, 11) is 0. The summed E-state index contributed by atoms with van der Waals surface area (Å²) in [6.07, 6.45) is 2.43. The monoisotopic (exact) mass is 298 g/mol. The van der Waals surface area contributed by atoms with Crippen LogP contribution in [0.2, 0.25) is 0 Å². The molecule has 1 aromatic carbocycles. The lowest BCUT2D eigenvalue weighted by Crippen LogP contribution is -2.60. The molecule has 0 spiro atoms. The Balaban J connectivity index is 3.00. The van der Waals surface area contributed by atoms with Crippen molar-refractivity contribution >= 4 is 0 Å². The van der Waals surface area contributed by atoms with E-state index in [9.17, 15) is 8.78 Å². The normalized spacial score (nSPS) is 13.7. The molecule has 2 N–H and O–H groups in total. The van der Waals surface area contributed by atoms with Gasteiger partial charge in [-0.25, -0.2) is 8.78 Å². The summed E-state index contributed by atoms with van der Waals surface area (Å²) in [5.41, 5.74) is 7.14. The van der Waals surface area contributed by atoms with Crippen LogP contribution in [0.25, 0.3) is 0 Å². The van der Waals surface area contributed by atoms with E-state index in [-0.39, 0.29) is 11.6 Å². The highest BCUT2D eigenvalue weighted by Crippen LogP contribution is 2.29. The molecule has 0 saturated carbocycles. The second kappa shape index (κ2) is 7.85. The first-order valence-corrected chi connectivity index (χ1v) is 7.89. The summed E-state index contributed by atoms with van der Waals surface area (Å²) >= 11 is 0. The SMILES string of the molecule is CCN(CC)C(CC)(CC)C(N)Cc1ccc(F)c(F)c1. The van der Waals surface area contributed by atoms with Crippen LogP contribution in [0.15, 0.2) is 18.2 Å². The summed E-state index contributed by atoms with van der Waals surface area (Å²) in [4.78, 5) is 2.39. The van der Waals surface area contributed by atoms with E-state index >= 15 is 0 Å². The third-order valence-electron chi connectivity index (χ3n) is 4.75. The van der Waals surface area contributed by atoms with Crippen LogP contribution in [-0.4, -0.2) is 29.6 Å². The number of likely N-dealkylation sites (N-methyl/N-ethyl adjacent to an activating group) is 1. The third kappa shape index (κ3) is 3.80. The van der Waals surface area contributed by atoms with Crippen molar-refractivity contribution in [1.82, 2.24) is 4.90 Å². The Labute approximate surface area is 127 Å². The average Bonchev–Trinajstić information content (AvgIpc) is 2.48. The lowest BCUT2D eigenvalue weighted by Gasteiger charge is -2.46. The van der Waals surface area contributed by atoms with Crippen molar-refractivity contribution in [3.63, 3.8) is 0 Å². The molecular weight excluding hydrogens is 270 g/mol. The molecule has 1 unspecified atom stereocenters. The average molecular weight is 298 g/mol. The van der Waals surface area contributed by atoms with Gasteiger partial charge in [0.1, 0.15) is 0 Å². The fraction of sp³-hybridized carbons (Fsp3) is 0.647. The van der Waals surface area contributed by atoms with E-state index in [0.717, 1.165) is 31.5 Å². The fourth-order valence-electron chi connectivity index (χ4n) is 3.42. The lowest BCUT2D eigenvalue weighted by atomic mass is 9.80. The molecule has 4 heteroatoms. The minimum absolute atomic E-state index is 0.103. The Bertz CT molecular complexity index is 440. The highest BCUT2D eigenvalue weighted by atomic mass is 19.2. The molecule has 21 heavy (non-hydrogen) atoms. The molecule has 0 amide bonds. The zero-order chi connectivity index (χ0) is 16.0. The first-order chi connectivity index (χ1) is 9.94. The van der Waals surface area contributed by atoms with Gasteiger partial charge in [0.05, 0.1) is 0 Å². The van der Waals surface area contributed by atoms with E-state index in [4.69, 9.17) is 5.73 Å². The molecular formula is C17H28F2N2. The molecule has 0 fully saturated rings. The predicted molar refractivity (Wildman–Crippen MR) is 84.3 cm³/mol.